The Kier molecular flexibility index (Phi) is 4.53. The van der Waals surface area contributed by atoms with E-state index in [2.05, 4.69) is 38.0 Å². The van der Waals surface area contributed by atoms with E-state index in [1.807, 2.05) is 25.4 Å². The van der Waals surface area contributed by atoms with Crippen LogP contribution < -0.4 is 9.64 Å². The van der Waals surface area contributed by atoms with Crippen LogP contribution in [0.15, 0.2) is 36.7 Å². The Labute approximate surface area is 131 Å². The molecule has 0 unspecified atom stereocenters. The first-order valence-corrected chi connectivity index (χ1v) is 7.63. The number of piperazine rings is 1. The molecule has 1 aliphatic rings. The summed E-state index contributed by atoms with van der Waals surface area (Å²) in [6, 6.07) is 8.26. The van der Waals surface area contributed by atoms with Crippen molar-refractivity contribution in [1.29, 1.82) is 0 Å². The van der Waals surface area contributed by atoms with E-state index in [4.69, 9.17) is 4.74 Å². The molecule has 0 aliphatic carbocycles. The molecule has 0 saturated carbocycles. The monoisotopic (exact) mass is 298 g/mol. The fraction of sp³-hybridized carbons (Fsp3) is 0.412. The Morgan fingerprint density at radius 1 is 1.09 bits per heavy atom. The van der Waals surface area contributed by atoms with Crippen LogP contribution in [0.3, 0.4) is 0 Å². The van der Waals surface area contributed by atoms with Gasteiger partial charge in [-0.25, -0.2) is 4.98 Å². The Morgan fingerprint density at radius 3 is 2.55 bits per heavy atom. The molecule has 0 spiro atoms. The van der Waals surface area contributed by atoms with Gasteiger partial charge in [-0.05, 0) is 24.6 Å². The maximum Gasteiger partial charge on any atom is 0.212 e. The predicted octanol–water partition coefficient (Wildman–Crippen LogP) is 2.12. The summed E-state index contributed by atoms with van der Waals surface area (Å²) in [5.74, 6) is 0.668. The van der Waals surface area contributed by atoms with Crippen molar-refractivity contribution in [2.75, 3.05) is 38.2 Å². The number of pyridine rings is 2. The lowest BCUT2D eigenvalue weighted by atomic mass is 10.2. The van der Waals surface area contributed by atoms with Crippen molar-refractivity contribution in [2.45, 2.75) is 13.5 Å². The molecule has 116 valence electrons. The minimum atomic E-state index is 0.668. The molecule has 5 heteroatoms. The summed E-state index contributed by atoms with van der Waals surface area (Å²) in [5.41, 5.74) is 3.58. The van der Waals surface area contributed by atoms with E-state index in [1.54, 1.807) is 7.11 Å². The first-order chi connectivity index (χ1) is 10.7. The molecule has 1 fully saturated rings. The molecule has 0 N–H and O–H groups in total. The molecule has 3 rings (SSSR count). The number of anilines is 1. The van der Waals surface area contributed by atoms with Crippen LogP contribution in [-0.4, -0.2) is 48.2 Å². The normalized spacial score (nSPS) is 15.8. The Morgan fingerprint density at radius 2 is 1.91 bits per heavy atom. The molecule has 22 heavy (non-hydrogen) atoms. The highest BCUT2D eigenvalue weighted by Gasteiger charge is 2.17. The number of nitrogens with zero attached hydrogens (tertiary/aromatic N) is 4. The van der Waals surface area contributed by atoms with Crippen molar-refractivity contribution in [3.8, 4) is 5.88 Å². The molecule has 0 aromatic carbocycles. The summed E-state index contributed by atoms with van der Waals surface area (Å²) in [6.07, 6.45) is 3.79. The maximum atomic E-state index is 5.10. The van der Waals surface area contributed by atoms with Gasteiger partial charge in [0.1, 0.15) is 0 Å². The number of hydrogen-bond acceptors (Lipinski definition) is 5. The van der Waals surface area contributed by atoms with Crippen LogP contribution in [0, 0.1) is 6.92 Å². The highest BCUT2D eigenvalue weighted by Crippen LogP contribution is 2.17. The number of hydrogen-bond donors (Lipinski definition) is 0. The standard InChI is InChI=1S/C17H22N4O/c1-14-11-16(5-6-18-14)21-9-7-20(8-10-21)13-15-3-4-17(22-2)19-12-15/h3-6,11-12H,7-10,13H2,1-2H3. The number of aromatic nitrogens is 2. The third-order valence-corrected chi connectivity index (χ3v) is 4.03. The van der Waals surface area contributed by atoms with E-state index >= 15 is 0 Å². The first kappa shape index (κ1) is 14.8. The average Bonchev–Trinajstić information content (AvgIpc) is 2.56. The van der Waals surface area contributed by atoms with Crippen LogP contribution >= 0.6 is 0 Å². The minimum Gasteiger partial charge on any atom is -0.481 e. The van der Waals surface area contributed by atoms with E-state index < -0.39 is 0 Å². The van der Waals surface area contributed by atoms with Crippen LogP contribution in [0.4, 0.5) is 5.69 Å². The predicted molar refractivity (Wildman–Crippen MR) is 87.3 cm³/mol. The van der Waals surface area contributed by atoms with Crippen molar-refractivity contribution < 1.29 is 4.74 Å². The fourth-order valence-corrected chi connectivity index (χ4v) is 2.77. The number of methoxy groups -OCH3 is 1. The van der Waals surface area contributed by atoms with Crippen LogP contribution in [-0.2, 0) is 6.54 Å². The molecule has 3 heterocycles. The van der Waals surface area contributed by atoms with Crippen molar-refractivity contribution in [3.63, 3.8) is 0 Å². The minimum absolute atomic E-state index is 0.668. The molecular weight excluding hydrogens is 276 g/mol. The summed E-state index contributed by atoms with van der Waals surface area (Å²) in [4.78, 5) is 13.4. The zero-order valence-electron chi connectivity index (χ0n) is 13.2. The van der Waals surface area contributed by atoms with Crippen molar-refractivity contribution in [2.24, 2.45) is 0 Å². The van der Waals surface area contributed by atoms with Gasteiger partial charge in [0, 0.05) is 62.6 Å². The maximum absolute atomic E-state index is 5.10. The molecule has 2 aromatic rings. The quantitative estimate of drug-likeness (QED) is 0.865. The third kappa shape index (κ3) is 3.54. The van der Waals surface area contributed by atoms with Gasteiger partial charge in [0.25, 0.3) is 0 Å². The molecule has 0 radical (unpaired) electrons. The summed E-state index contributed by atoms with van der Waals surface area (Å²) in [5, 5.41) is 0. The van der Waals surface area contributed by atoms with Gasteiger partial charge in [0.2, 0.25) is 5.88 Å². The summed E-state index contributed by atoms with van der Waals surface area (Å²) < 4.78 is 5.10. The van der Waals surface area contributed by atoms with Gasteiger partial charge in [-0.1, -0.05) is 6.07 Å². The molecular formula is C17H22N4O. The lowest BCUT2D eigenvalue weighted by Crippen LogP contribution is -2.46. The van der Waals surface area contributed by atoms with Crippen molar-refractivity contribution in [1.82, 2.24) is 14.9 Å². The topological polar surface area (TPSA) is 41.5 Å². The SMILES string of the molecule is COc1ccc(CN2CCN(c3ccnc(C)c3)CC2)cn1. The van der Waals surface area contributed by atoms with Gasteiger partial charge in [-0.2, -0.15) is 0 Å². The van der Waals surface area contributed by atoms with Gasteiger partial charge in [-0.3, -0.25) is 9.88 Å². The van der Waals surface area contributed by atoms with Crippen molar-refractivity contribution in [3.05, 3.63) is 47.9 Å². The molecule has 0 amide bonds. The Bertz CT molecular complexity index is 606. The zero-order valence-corrected chi connectivity index (χ0v) is 13.2. The largest absolute Gasteiger partial charge is 0.481 e. The van der Waals surface area contributed by atoms with Crippen LogP contribution in [0.2, 0.25) is 0 Å². The van der Waals surface area contributed by atoms with E-state index in [1.165, 1.54) is 11.3 Å². The molecule has 1 aliphatic heterocycles. The Balaban J connectivity index is 1.55. The number of ether oxygens (including phenoxy) is 1. The second kappa shape index (κ2) is 6.75. The average molecular weight is 298 g/mol. The molecule has 0 bridgehead atoms. The second-order valence-corrected chi connectivity index (χ2v) is 5.63. The van der Waals surface area contributed by atoms with Crippen LogP contribution in [0.25, 0.3) is 0 Å². The smallest absolute Gasteiger partial charge is 0.212 e. The van der Waals surface area contributed by atoms with E-state index in [0.29, 0.717) is 5.88 Å². The molecule has 0 atom stereocenters. The fourth-order valence-electron chi connectivity index (χ4n) is 2.77. The third-order valence-electron chi connectivity index (χ3n) is 4.03. The van der Waals surface area contributed by atoms with Gasteiger partial charge >= 0.3 is 0 Å². The van der Waals surface area contributed by atoms with Gasteiger partial charge in [0.05, 0.1) is 7.11 Å². The lowest BCUT2D eigenvalue weighted by Gasteiger charge is -2.36. The summed E-state index contributed by atoms with van der Waals surface area (Å²) in [7, 11) is 1.64. The number of aryl methyl sites for hydroxylation is 1. The van der Waals surface area contributed by atoms with E-state index in [9.17, 15) is 0 Å². The van der Waals surface area contributed by atoms with Crippen LogP contribution in [0.5, 0.6) is 5.88 Å². The van der Waals surface area contributed by atoms with Gasteiger partial charge in [0.15, 0.2) is 0 Å². The van der Waals surface area contributed by atoms with E-state index in [0.717, 1.165) is 38.4 Å². The summed E-state index contributed by atoms with van der Waals surface area (Å²) >= 11 is 0. The second-order valence-electron chi connectivity index (χ2n) is 5.63. The summed E-state index contributed by atoms with van der Waals surface area (Å²) in [6.45, 7) is 7.21. The molecule has 5 nitrogen and oxygen atoms in total. The highest BCUT2D eigenvalue weighted by atomic mass is 16.5. The zero-order chi connectivity index (χ0) is 15.4. The first-order valence-electron chi connectivity index (χ1n) is 7.63. The van der Waals surface area contributed by atoms with E-state index in [-0.39, 0.29) is 0 Å². The Hall–Kier alpha value is -2.14. The van der Waals surface area contributed by atoms with Crippen LogP contribution in [0.1, 0.15) is 11.3 Å². The highest BCUT2D eigenvalue weighted by molar-refractivity contribution is 5.46. The van der Waals surface area contributed by atoms with Gasteiger partial charge < -0.3 is 9.64 Å². The number of rotatable bonds is 4. The lowest BCUT2D eigenvalue weighted by molar-refractivity contribution is 0.249. The molecule has 1 saturated heterocycles. The van der Waals surface area contributed by atoms with Gasteiger partial charge in [-0.15, -0.1) is 0 Å². The molecule has 2 aromatic heterocycles. The van der Waals surface area contributed by atoms with Crippen molar-refractivity contribution >= 4 is 5.69 Å².